The number of carbonyl (C=O) groups is 1. The zero-order chi connectivity index (χ0) is 13.1. The third-order valence-corrected chi connectivity index (χ3v) is 2.39. The Morgan fingerprint density at radius 3 is 2.53 bits per heavy atom. The average Bonchev–Trinajstić information content (AvgIpc) is 2.23. The van der Waals surface area contributed by atoms with Gasteiger partial charge in [0.2, 0.25) is 0 Å². The largest absolute Gasteiger partial charge is 0.502 e. The average molecular weight is 285 g/mol. The lowest BCUT2D eigenvalue weighted by atomic mass is 10.3. The molecule has 1 rings (SSSR count). The van der Waals surface area contributed by atoms with Crippen LogP contribution in [0.4, 0.5) is 8.78 Å². The molecular weight excluding hydrogens is 277 g/mol. The molecule has 0 amide bonds. The van der Waals surface area contributed by atoms with Gasteiger partial charge in [-0.05, 0) is 19.1 Å². The maximum atomic E-state index is 13.1. The summed E-state index contributed by atoms with van der Waals surface area (Å²) in [4.78, 5) is 10.9. The van der Waals surface area contributed by atoms with Gasteiger partial charge in [0.1, 0.15) is 5.75 Å². The molecule has 0 aliphatic heterocycles. The van der Waals surface area contributed by atoms with Crippen LogP contribution in [0.3, 0.4) is 0 Å². The van der Waals surface area contributed by atoms with Crippen molar-refractivity contribution in [1.82, 2.24) is 0 Å². The van der Waals surface area contributed by atoms with Gasteiger partial charge in [0, 0.05) is 6.07 Å². The van der Waals surface area contributed by atoms with E-state index in [1.807, 2.05) is 0 Å². The molecule has 0 unspecified atom stereocenters. The van der Waals surface area contributed by atoms with Gasteiger partial charge in [-0.25, -0.2) is 4.79 Å². The maximum Gasteiger partial charge on any atom is 0.502 e. The number of benzene rings is 1. The van der Waals surface area contributed by atoms with Crippen LogP contribution in [0.1, 0.15) is 6.92 Å². The fraction of sp³-hybridized carbons (Fsp3) is 0.300. The normalized spacial score (nSPS) is 11.1. The van der Waals surface area contributed by atoms with E-state index in [0.29, 0.717) is 0 Å². The summed E-state index contributed by atoms with van der Waals surface area (Å²) < 4.78 is 34.7. The Bertz CT molecular complexity index is 424. The van der Waals surface area contributed by atoms with Crippen molar-refractivity contribution < 1.29 is 23.0 Å². The molecule has 94 valence electrons. The van der Waals surface area contributed by atoms with Gasteiger partial charge >= 0.3 is 12.1 Å². The van der Waals surface area contributed by atoms with Gasteiger partial charge in [-0.1, -0.05) is 23.2 Å². The second kappa shape index (κ2) is 5.51. The van der Waals surface area contributed by atoms with Crippen molar-refractivity contribution in [1.29, 1.82) is 0 Å². The van der Waals surface area contributed by atoms with Crippen LogP contribution >= 0.6 is 23.2 Å². The Labute approximate surface area is 106 Å². The summed E-state index contributed by atoms with van der Waals surface area (Å²) in [6, 6.07) is 3.53. The van der Waals surface area contributed by atoms with E-state index in [4.69, 9.17) is 23.2 Å². The van der Waals surface area contributed by atoms with Crippen LogP contribution in [-0.4, -0.2) is 18.7 Å². The number of esters is 1. The van der Waals surface area contributed by atoms with Crippen molar-refractivity contribution >= 4 is 29.2 Å². The van der Waals surface area contributed by atoms with E-state index in [2.05, 4.69) is 9.47 Å². The fourth-order valence-corrected chi connectivity index (χ4v) is 1.23. The van der Waals surface area contributed by atoms with Crippen molar-refractivity contribution in [3.05, 3.63) is 28.2 Å². The molecule has 3 nitrogen and oxygen atoms in total. The molecule has 7 heteroatoms. The summed E-state index contributed by atoms with van der Waals surface area (Å²) in [7, 11) is 0. The van der Waals surface area contributed by atoms with E-state index >= 15 is 0 Å². The molecule has 0 radical (unpaired) electrons. The zero-order valence-corrected chi connectivity index (χ0v) is 10.2. The second-order valence-corrected chi connectivity index (χ2v) is 3.73. The molecule has 17 heavy (non-hydrogen) atoms. The van der Waals surface area contributed by atoms with E-state index in [9.17, 15) is 13.6 Å². The van der Waals surface area contributed by atoms with Crippen LogP contribution in [0.2, 0.25) is 10.0 Å². The zero-order valence-electron chi connectivity index (χ0n) is 8.68. The van der Waals surface area contributed by atoms with E-state index in [0.717, 1.165) is 6.07 Å². The Morgan fingerprint density at radius 2 is 2.00 bits per heavy atom. The first-order valence-corrected chi connectivity index (χ1v) is 5.31. The lowest BCUT2D eigenvalue weighted by molar-refractivity contribution is -0.216. The Balaban J connectivity index is 2.82. The second-order valence-electron chi connectivity index (χ2n) is 2.92. The quantitative estimate of drug-likeness (QED) is 0.794. The third-order valence-electron chi connectivity index (χ3n) is 1.65. The molecule has 0 bridgehead atoms. The van der Waals surface area contributed by atoms with Crippen LogP contribution in [0.15, 0.2) is 18.2 Å². The van der Waals surface area contributed by atoms with E-state index in [1.54, 1.807) is 0 Å². The number of ether oxygens (including phenoxy) is 2. The van der Waals surface area contributed by atoms with Crippen LogP contribution in [-0.2, 0) is 9.53 Å². The van der Waals surface area contributed by atoms with Gasteiger partial charge in [0.05, 0.1) is 16.7 Å². The molecule has 0 atom stereocenters. The van der Waals surface area contributed by atoms with Crippen molar-refractivity contribution in [2.75, 3.05) is 6.61 Å². The van der Waals surface area contributed by atoms with Crippen LogP contribution in [0, 0.1) is 0 Å². The lowest BCUT2D eigenvalue weighted by Gasteiger charge is -2.16. The molecule has 0 aromatic heterocycles. The number of alkyl halides is 2. The Morgan fingerprint density at radius 1 is 1.35 bits per heavy atom. The lowest BCUT2D eigenvalue weighted by Crippen LogP contribution is -2.36. The number of rotatable bonds is 4. The van der Waals surface area contributed by atoms with Crippen molar-refractivity contribution in [3.8, 4) is 5.75 Å². The predicted octanol–water partition coefficient (Wildman–Crippen LogP) is 3.53. The first kappa shape index (κ1) is 14.0. The highest BCUT2D eigenvalue weighted by Crippen LogP contribution is 2.29. The predicted molar refractivity (Wildman–Crippen MR) is 58.7 cm³/mol. The standard InChI is InChI=1S/C10H8Cl2F2O3/c1-2-16-9(15)10(13,14)17-6-3-4-7(11)8(12)5-6/h3-5H,2H2,1H3. The first-order valence-electron chi connectivity index (χ1n) is 4.56. The molecule has 0 aliphatic rings. The van der Waals surface area contributed by atoms with Crippen LogP contribution < -0.4 is 4.74 Å². The van der Waals surface area contributed by atoms with E-state index in [-0.39, 0.29) is 22.4 Å². The molecule has 0 fully saturated rings. The maximum absolute atomic E-state index is 13.1. The fourth-order valence-electron chi connectivity index (χ4n) is 0.945. The first-order chi connectivity index (χ1) is 7.86. The molecule has 1 aromatic carbocycles. The Hall–Kier alpha value is -1.07. The topological polar surface area (TPSA) is 35.5 Å². The smallest absolute Gasteiger partial charge is 0.459 e. The Kier molecular flexibility index (Phi) is 4.54. The summed E-state index contributed by atoms with van der Waals surface area (Å²) in [6.45, 7) is 1.24. The van der Waals surface area contributed by atoms with Crippen LogP contribution in [0.25, 0.3) is 0 Å². The van der Waals surface area contributed by atoms with Gasteiger partial charge < -0.3 is 9.47 Å². The summed E-state index contributed by atoms with van der Waals surface area (Å²) in [6.07, 6.45) is -4.06. The summed E-state index contributed by atoms with van der Waals surface area (Å²) in [5.41, 5.74) is 0. The highest BCUT2D eigenvalue weighted by Gasteiger charge is 2.44. The van der Waals surface area contributed by atoms with Crippen LogP contribution in [0.5, 0.6) is 5.75 Å². The van der Waals surface area contributed by atoms with Crippen molar-refractivity contribution in [3.63, 3.8) is 0 Å². The minimum absolute atomic E-state index is 0.0452. The number of carbonyl (C=O) groups excluding carboxylic acids is 1. The number of halogens is 4. The third kappa shape index (κ3) is 3.71. The summed E-state index contributed by atoms with van der Waals surface area (Å²) >= 11 is 11.2. The minimum Gasteiger partial charge on any atom is -0.459 e. The molecule has 0 aliphatic carbocycles. The molecule has 0 saturated carbocycles. The van der Waals surface area contributed by atoms with E-state index < -0.39 is 12.1 Å². The molecule has 0 heterocycles. The highest BCUT2D eigenvalue weighted by molar-refractivity contribution is 6.42. The minimum atomic E-state index is -4.06. The van der Waals surface area contributed by atoms with Gasteiger partial charge in [0.25, 0.3) is 0 Å². The number of hydrogen-bond acceptors (Lipinski definition) is 3. The molecule has 0 N–H and O–H groups in total. The van der Waals surface area contributed by atoms with Gasteiger partial charge in [0.15, 0.2) is 0 Å². The molecule has 0 saturated heterocycles. The van der Waals surface area contributed by atoms with Crippen molar-refractivity contribution in [2.45, 2.75) is 13.0 Å². The van der Waals surface area contributed by atoms with Gasteiger partial charge in [-0.15, -0.1) is 0 Å². The highest BCUT2D eigenvalue weighted by atomic mass is 35.5. The van der Waals surface area contributed by atoms with E-state index in [1.165, 1.54) is 19.1 Å². The number of hydrogen-bond donors (Lipinski definition) is 0. The molecule has 0 spiro atoms. The molecular formula is C10H8Cl2F2O3. The monoisotopic (exact) mass is 284 g/mol. The van der Waals surface area contributed by atoms with Gasteiger partial charge in [-0.2, -0.15) is 8.78 Å². The summed E-state index contributed by atoms with van der Waals surface area (Å²) in [5.74, 6) is -2.04. The SMILES string of the molecule is CCOC(=O)C(F)(F)Oc1ccc(Cl)c(Cl)c1. The molecule has 1 aromatic rings. The van der Waals surface area contributed by atoms with Gasteiger partial charge in [-0.3, -0.25) is 0 Å². The van der Waals surface area contributed by atoms with Crippen molar-refractivity contribution in [2.24, 2.45) is 0 Å². The summed E-state index contributed by atoms with van der Waals surface area (Å²) in [5, 5.41) is 0.238.